The largest absolute Gasteiger partial charge is 0.484 e. The lowest BCUT2D eigenvalue weighted by molar-refractivity contribution is -0.118. The van der Waals surface area contributed by atoms with Crippen LogP contribution in [-0.2, 0) is 11.2 Å². The highest BCUT2D eigenvalue weighted by Gasteiger charge is 2.10. The highest BCUT2D eigenvalue weighted by atomic mass is 32.1. The van der Waals surface area contributed by atoms with Crippen molar-refractivity contribution in [3.05, 3.63) is 46.7 Å². The zero-order valence-electron chi connectivity index (χ0n) is 12.5. The van der Waals surface area contributed by atoms with Gasteiger partial charge >= 0.3 is 0 Å². The van der Waals surface area contributed by atoms with E-state index in [1.165, 1.54) is 5.56 Å². The van der Waals surface area contributed by atoms with Gasteiger partial charge in [0, 0.05) is 22.5 Å². The third kappa shape index (κ3) is 4.14. The molecule has 3 aromatic rings. The smallest absolute Gasteiger partial charge is 0.264 e. The Balaban J connectivity index is 1.53. The number of benzene rings is 1. The van der Waals surface area contributed by atoms with Gasteiger partial charge in [-0.05, 0) is 35.6 Å². The molecule has 1 aromatic carbocycles. The minimum absolute atomic E-state index is 0.0567. The molecule has 0 radical (unpaired) electrons. The molecule has 0 fully saturated rings. The summed E-state index contributed by atoms with van der Waals surface area (Å²) in [5.41, 5.74) is 2.19. The molecule has 1 amide bonds. The fraction of sp³-hybridized carbons (Fsp3) is 0.188. The molecular formula is C16H15N3O2S2. The lowest BCUT2D eigenvalue weighted by atomic mass is 10.2. The predicted octanol–water partition coefficient (Wildman–Crippen LogP) is 3.85. The summed E-state index contributed by atoms with van der Waals surface area (Å²) >= 11 is 2.74. The molecule has 5 nitrogen and oxygen atoms in total. The van der Waals surface area contributed by atoms with Gasteiger partial charge in [0.15, 0.2) is 12.4 Å². The summed E-state index contributed by atoms with van der Waals surface area (Å²) < 4.78 is 9.70. The number of nitrogens with zero attached hydrogens (tertiary/aromatic N) is 2. The van der Waals surface area contributed by atoms with Crippen LogP contribution in [0.25, 0.3) is 11.4 Å². The van der Waals surface area contributed by atoms with Crippen molar-refractivity contribution in [3.8, 4) is 17.1 Å². The minimum Gasteiger partial charge on any atom is -0.484 e. The number of ether oxygens (including phenoxy) is 1. The molecule has 0 aliphatic carbocycles. The summed E-state index contributed by atoms with van der Waals surface area (Å²) in [5.74, 6) is 1.05. The predicted molar refractivity (Wildman–Crippen MR) is 93.2 cm³/mol. The van der Waals surface area contributed by atoms with Crippen molar-refractivity contribution in [1.82, 2.24) is 9.36 Å². The molecule has 2 heterocycles. The van der Waals surface area contributed by atoms with E-state index >= 15 is 0 Å². The first-order chi connectivity index (χ1) is 11.2. The van der Waals surface area contributed by atoms with Gasteiger partial charge in [-0.15, -0.1) is 0 Å². The molecule has 0 saturated heterocycles. The fourth-order valence-corrected chi connectivity index (χ4v) is 3.15. The van der Waals surface area contributed by atoms with E-state index in [9.17, 15) is 4.79 Å². The van der Waals surface area contributed by atoms with Crippen molar-refractivity contribution < 1.29 is 9.53 Å². The zero-order valence-corrected chi connectivity index (χ0v) is 14.1. The Morgan fingerprint density at radius 2 is 2.09 bits per heavy atom. The number of aryl methyl sites for hydroxylation is 1. The summed E-state index contributed by atoms with van der Waals surface area (Å²) in [5, 5.41) is 7.11. The fourth-order valence-electron chi connectivity index (χ4n) is 1.91. The van der Waals surface area contributed by atoms with E-state index in [1.807, 2.05) is 41.1 Å². The number of amides is 1. The van der Waals surface area contributed by atoms with Crippen LogP contribution >= 0.6 is 22.9 Å². The number of hydrogen-bond acceptors (Lipinski definition) is 6. The third-order valence-corrected chi connectivity index (χ3v) is 4.47. The molecular weight excluding hydrogens is 330 g/mol. The second-order valence-electron chi connectivity index (χ2n) is 4.77. The molecule has 3 rings (SSSR count). The SMILES string of the molecule is CCc1ccc(OCC(=O)Nc2nc(-c3ccsc3)ns2)cc1. The van der Waals surface area contributed by atoms with Crippen LogP contribution in [0.5, 0.6) is 5.75 Å². The molecule has 0 aliphatic rings. The number of hydrogen-bond donors (Lipinski definition) is 1. The molecule has 0 aliphatic heterocycles. The number of thiophene rings is 1. The van der Waals surface area contributed by atoms with Crippen molar-refractivity contribution >= 4 is 33.9 Å². The summed E-state index contributed by atoms with van der Waals surface area (Å²) in [6, 6.07) is 9.66. The Morgan fingerprint density at radius 3 is 2.78 bits per heavy atom. The molecule has 0 bridgehead atoms. The van der Waals surface area contributed by atoms with Crippen LogP contribution in [0.1, 0.15) is 12.5 Å². The van der Waals surface area contributed by atoms with Crippen molar-refractivity contribution in [2.75, 3.05) is 11.9 Å². The van der Waals surface area contributed by atoms with Gasteiger partial charge < -0.3 is 4.74 Å². The average Bonchev–Trinajstić information content (AvgIpc) is 3.24. The molecule has 7 heteroatoms. The van der Waals surface area contributed by atoms with Crippen molar-refractivity contribution in [2.45, 2.75) is 13.3 Å². The maximum atomic E-state index is 11.9. The van der Waals surface area contributed by atoms with Crippen LogP contribution in [-0.4, -0.2) is 21.9 Å². The number of anilines is 1. The van der Waals surface area contributed by atoms with Gasteiger partial charge in [0.25, 0.3) is 5.91 Å². The molecule has 0 saturated carbocycles. The van der Waals surface area contributed by atoms with Crippen molar-refractivity contribution in [1.29, 1.82) is 0 Å². The number of carbonyl (C=O) groups excluding carboxylic acids is 1. The van der Waals surface area contributed by atoms with Crippen LogP contribution in [0, 0.1) is 0 Å². The number of nitrogens with one attached hydrogen (secondary N) is 1. The van der Waals surface area contributed by atoms with E-state index in [1.54, 1.807) is 11.3 Å². The molecule has 118 valence electrons. The molecule has 1 N–H and O–H groups in total. The van der Waals surface area contributed by atoms with Crippen LogP contribution in [0.4, 0.5) is 5.13 Å². The first-order valence-electron chi connectivity index (χ1n) is 7.12. The van der Waals surface area contributed by atoms with Crippen molar-refractivity contribution in [2.24, 2.45) is 0 Å². The van der Waals surface area contributed by atoms with Crippen LogP contribution in [0.15, 0.2) is 41.1 Å². The van der Waals surface area contributed by atoms with Crippen LogP contribution < -0.4 is 10.1 Å². The van der Waals surface area contributed by atoms with E-state index in [0.29, 0.717) is 16.7 Å². The first kappa shape index (κ1) is 15.6. The highest BCUT2D eigenvalue weighted by molar-refractivity contribution is 7.10. The Hall–Kier alpha value is -2.25. The molecule has 23 heavy (non-hydrogen) atoms. The second kappa shape index (κ2) is 7.34. The summed E-state index contributed by atoms with van der Waals surface area (Å²) in [7, 11) is 0. The van der Waals surface area contributed by atoms with Gasteiger partial charge in [0.05, 0.1) is 0 Å². The van der Waals surface area contributed by atoms with Crippen LogP contribution in [0.3, 0.4) is 0 Å². The topological polar surface area (TPSA) is 64.1 Å². The van der Waals surface area contributed by atoms with Crippen LogP contribution in [0.2, 0.25) is 0 Å². The monoisotopic (exact) mass is 345 g/mol. The Labute approximate surface area is 142 Å². The average molecular weight is 345 g/mol. The third-order valence-electron chi connectivity index (χ3n) is 3.15. The molecule has 0 spiro atoms. The van der Waals surface area contributed by atoms with Gasteiger partial charge in [-0.1, -0.05) is 19.1 Å². The van der Waals surface area contributed by atoms with E-state index in [-0.39, 0.29) is 12.5 Å². The second-order valence-corrected chi connectivity index (χ2v) is 6.30. The van der Waals surface area contributed by atoms with E-state index in [0.717, 1.165) is 23.5 Å². The standard InChI is InChI=1S/C16H15N3O2S2/c1-2-11-3-5-13(6-4-11)21-9-14(20)17-16-18-15(19-23-16)12-7-8-22-10-12/h3-8,10H,2,9H2,1H3,(H,17,18,19,20). The normalized spacial score (nSPS) is 10.5. The maximum Gasteiger partial charge on any atom is 0.264 e. The van der Waals surface area contributed by atoms with E-state index in [4.69, 9.17) is 4.74 Å². The van der Waals surface area contributed by atoms with Gasteiger partial charge in [-0.25, -0.2) is 0 Å². The number of carbonyl (C=O) groups is 1. The molecule has 0 unspecified atom stereocenters. The lowest BCUT2D eigenvalue weighted by Crippen LogP contribution is -2.20. The Morgan fingerprint density at radius 1 is 1.26 bits per heavy atom. The maximum absolute atomic E-state index is 11.9. The van der Waals surface area contributed by atoms with E-state index in [2.05, 4.69) is 21.6 Å². The quantitative estimate of drug-likeness (QED) is 0.737. The van der Waals surface area contributed by atoms with Gasteiger partial charge in [0.1, 0.15) is 5.75 Å². The summed E-state index contributed by atoms with van der Waals surface area (Å²) in [6.45, 7) is 2.04. The summed E-state index contributed by atoms with van der Waals surface area (Å²) in [4.78, 5) is 16.2. The van der Waals surface area contributed by atoms with E-state index < -0.39 is 0 Å². The zero-order chi connectivity index (χ0) is 16.1. The van der Waals surface area contributed by atoms with Gasteiger partial charge in [-0.2, -0.15) is 20.7 Å². The Kier molecular flexibility index (Phi) is 4.99. The molecule has 0 atom stereocenters. The van der Waals surface area contributed by atoms with Gasteiger partial charge in [0.2, 0.25) is 5.13 Å². The van der Waals surface area contributed by atoms with Gasteiger partial charge in [-0.3, -0.25) is 10.1 Å². The highest BCUT2D eigenvalue weighted by Crippen LogP contribution is 2.23. The minimum atomic E-state index is -0.252. The van der Waals surface area contributed by atoms with Crippen molar-refractivity contribution in [3.63, 3.8) is 0 Å². The first-order valence-corrected chi connectivity index (χ1v) is 8.84. The lowest BCUT2D eigenvalue weighted by Gasteiger charge is -2.06. The number of aromatic nitrogens is 2. The number of rotatable bonds is 6. The summed E-state index contributed by atoms with van der Waals surface area (Å²) in [6.07, 6.45) is 0.976. The molecule has 2 aromatic heterocycles. The Bertz CT molecular complexity index is 767.